The van der Waals surface area contributed by atoms with Crippen LogP contribution < -0.4 is 0 Å². The van der Waals surface area contributed by atoms with Crippen LogP contribution in [0.1, 0.15) is 37.7 Å². The summed E-state index contributed by atoms with van der Waals surface area (Å²) in [4.78, 5) is 0. The minimum absolute atomic E-state index is 0.269. The Hall–Kier alpha value is -1.08. The van der Waals surface area contributed by atoms with Gasteiger partial charge in [-0.15, -0.1) is 0 Å². The van der Waals surface area contributed by atoms with Crippen molar-refractivity contribution in [3.05, 3.63) is 48.0 Å². The van der Waals surface area contributed by atoms with Gasteiger partial charge in [0.05, 0.1) is 6.10 Å². The number of benzene rings is 1. The molecule has 0 radical (unpaired) electrons. The Morgan fingerprint density at radius 1 is 1.22 bits per heavy atom. The lowest BCUT2D eigenvalue weighted by Crippen LogP contribution is -2.08. The number of hydrogen-bond acceptors (Lipinski definition) is 1. The lowest BCUT2D eigenvalue weighted by Gasteiger charge is -2.12. The molecule has 18 heavy (non-hydrogen) atoms. The first-order valence-electron chi connectivity index (χ1n) is 7.13. The van der Waals surface area contributed by atoms with Gasteiger partial charge in [0.2, 0.25) is 0 Å². The number of rotatable bonds is 6. The molecule has 1 nitrogen and oxygen atoms in total. The second-order valence-corrected chi connectivity index (χ2v) is 5.23. The minimum Gasteiger partial charge on any atom is -0.377 e. The maximum absolute atomic E-state index is 5.55. The molecule has 0 spiro atoms. The summed E-state index contributed by atoms with van der Waals surface area (Å²) in [6.45, 7) is 0. The maximum Gasteiger partial charge on any atom is 0.0755 e. The van der Waals surface area contributed by atoms with Crippen LogP contribution >= 0.6 is 0 Å². The van der Waals surface area contributed by atoms with Gasteiger partial charge in [0.25, 0.3) is 0 Å². The molecule has 0 aromatic heterocycles. The van der Waals surface area contributed by atoms with E-state index in [1.54, 1.807) is 0 Å². The third kappa shape index (κ3) is 4.30. The van der Waals surface area contributed by atoms with Crippen molar-refractivity contribution in [3.63, 3.8) is 0 Å². The van der Waals surface area contributed by atoms with Crippen molar-refractivity contribution in [1.29, 1.82) is 0 Å². The van der Waals surface area contributed by atoms with Gasteiger partial charge in [-0.25, -0.2) is 0 Å². The molecule has 1 unspecified atom stereocenters. The van der Waals surface area contributed by atoms with E-state index in [0.717, 1.165) is 18.8 Å². The molecule has 1 aromatic carbocycles. The van der Waals surface area contributed by atoms with Gasteiger partial charge in [-0.05, 0) is 37.2 Å². The van der Waals surface area contributed by atoms with Crippen LogP contribution in [-0.4, -0.2) is 13.2 Å². The SMILES string of the molecule is COC(/C=C/C1CCCC1)CCc1ccccc1. The monoisotopic (exact) mass is 244 g/mol. The minimum atomic E-state index is 0.269. The fourth-order valence-electron chi connectivity index (χ4n) is 2.68. The van der Waals surface area contributed by atoms with Crippen LogP contribution in [-0.2, 0) is 11.2 Å². The van der Waals surface area contributed by atoms with Gasteiger partial charge in [0, 0.05) is 7.11 Å². The van der Waals surface area contributed by atoms with Gasteiger partial charge < -0.3 is 4.74 Å². The summed E-state index contributed by atoms with van der Waals surface area (Å²) in [5, 5.41) is 0. The Morgan fingerprint density at radius 2 is 1.94 bits per heavy atom. The number of hydrogen-bond donors (Lipinski definition) is 0. The van der Waals surface area contributed by atoms with Crippen molar-refractivity contribution in [2.24, 2.45) is 5.92 Å². The molecule has 1 aliphatic carbocycles. The number of methoxy groups -OCH3 is 1. The summed E-state index contributed by atoms with van der Waals surface area (Å²) in [5.74, 6) is 0.805. The lowest BCUT2D eigenvalue weighted by molar-refractivity contribution is 0.133. The highest BCUT2D eigenvalue weighted by Crippen LogP contribution is 2.26. The summed E-state index contributed by atoms with van der Waals surface area (Å²) in [6, 6.07) is 10.6. The van der Waals surface area contributed by atoms with E-state index in [2.05, 4.69) is 42.5 Å². The van der Waals surface area contributed by atoms with Gasteiger partial charge in [-0.3, -0.25) is 0 Å². The van der Waals surface area contributed by atoms with Crippen LogP contribution in [0.2, 0.25) is 0 Å². The summed E-state index contributed by atoms with van der Waals surface area (Å²) in [6.07, 6.45) is 12.6. The second-order valence-electron chi connectivity index (χ2n) is 5.23. The molecule has 0 heterocycles. The zero-order valence-corrected chi connectivity index (χ0v) is 11.3. The largest absolute Gasteiger partial charge is 0.377 e. The topological polar surface area (TPSA) is 9.23 Å². The average molecular weight is 244 g/mol. The fourth-order valence-corrected chi connectivity index (χ4v) is 2.68. The first kappa shape index (κ1) is 13.4. The molecular weight excluding hydrogens is 220 g/mol. The first-order chi connectivity index (χ1) is 8.88. The predicted molar refractivity (Wildman–Crippen MR) is 76.7 cm³/mol. The first-order valence-corrected chi connectivity index (χ1v) is 7.13. The van der Waals surface area contributed by atoms with Crippen molar-refractivity contribution in [1.82, 2.24) is 0 Å². The lowest BCUT2D eigenvalue weighted by atomic mass is 10.0. The molecule has 2 rings (SSSR count). The summed E-state index contributed by atoms with van der Waals surface area (Å²) in [7, 11) is 1.81. The van der Waals surface area contributed by atoms with Gasteiger partial charge >= 0.3 is 0 Å². The van der Waals surface area contributed by atoms with Gasteiger partial charge in [0.1, 0.15) is 0 Å². The molecule has 1 heteroatoms. The van der Waals surface area contributed by atoms with Crippen LogP contribution in [0.15, 0.2) is 42.5 Å². The van der Waals surface area contributed by atoms with Gasteiger partial charge in [-0.2, -0.15) is 0 Å². The number of allylic oxidation sites excluding steroid dienone is 1. The fraction of sp³-hybridized carbons (Fsp3) is 0.529. The van der Waals surface area contributed by atoms with E-state index >= 15 is 0 Å². The molecular formula is C17H24O. The Bertz CT molecular complexity index is 349. The van der Waals surface area contributed by atoms with Crippen molar-refractivity contribution in [2.45, 2.75) is 44.6 Å². The van der Waals surface area contributed by atoms with E-state index in [1.165, 1.54) is 31.2 Å². The molecule has 1 aliphatic rings. The van der Waals surface area contributed by atoms with E-state index in [1.807, 2.05) is 7.11 Å². The Balaban J connectivity index is 1.78. The molecule has 1 saturated carbocycles. The summed E-state index contributed by atoms with van der Waals surface area (Å²) >= 11 is 0. The Labute approximate surface area is 111 Å². The molecule has 0 aliphatic heterocycles. The Morgan fingerprint density at radius 3 is 2.61 bits per heavy atom. The normalized spacial score (nSPS) is 18.5. The molecule has 0 amide bonds. The van der Waals surface area contributed by atoms with Crippen LogP contribution in [0.25, 0.3) is 0 Å². The van der Waals surface area contributed by atoms with Gasteiger partial charge in [0.15, 0.2) is 0 Å². The molecule has 1 aromatic rings. The van der Waals surface area contributed by atoms with Crippen LogP contribution in [0.3, 0.4) is 0 Å². The molecule has 0 saturated heterocycles. The second kappa shape index (κ2) is 7.38. The van der Waals surface area contributed by atoms with Crippen molar-refractivity contribution < 1.29 is 4.74 Å². The van der Waals surface area contributed by atoms with E-state index in [0.29, 0.717) is 0 Å². The highest BCUT2D eigenvalue weighted by molar-refractivity contribution is 5.15. The Kier molecular flexibility index (Phi) is 5.47. The van der Waals surface area contributed by atoms with Crippen molar-refractivity contribution in [3.8, 4) is 0 Å². The van der Waals surface area contributed by atoms with E-state index in [9.17, 15) is 0 Å². The quantitative estimate of drug-likeness (QED) is 0.675. The zero-order chi connectivity index (χ0) is 12.6. The summed E-state index contributed by atoms with van der Waals surface area (Å²) < 4.78 is 5.55. The molecule has 1 atom stereocenters. The predicted octanol–water partition coefficient (Wildman–Crippen LogP) is 4.38. The third-order valence-electron chi connectivity index (χ3n) is 3.86. The van der Waals surface area contributed by atoms with Crippen LogP contribution in [0, 0.1) is 5.92 Å². The molecule has 0 N–H and O–H groups in total. The maximum atomic E-state index is 5.55. The van der Waals surface area contributed by atoms with Crippen LogP contribution in [0.4, 0.5) is 0 Å². The smallest absolute Gasteiger partial charge is 0.0755 e. The van der Waals surface area contributed by atoms with E-state index in [-0.39, 0.29) is 6.10 Å². The zero-order valence-electron chi connectivity index (χ0n) is 11.3. The molecule has 1 fully saturated rings. The van der Waals surface area contributed by atoms with Crippen LogP contribution in [0.5, 0.6) is 0 Å². The summed E-state index contributed by atoms with van der Waals surface area (Å²) in [5.41, 5.74) is 1.40. The standard InChI is InChI=1S/C17H24O/c1-18-17(14-12-16-9-5-6-10-16)13-11-15-7-3-2-4-8-15/h2-4,7-8,12,14,16-17H,5-6,9-11,13H2,1H3/b14-12+. The van der Waals surface area contributed by atoms with Crippen molar-refractivity contribution in [2.75, 3.05) is 7.11 Å². The number of aryl methyl sites for hydroxylation is 1. The van der Waals surface area contributed by atoms with Crippen molar-refractivity contribution >= 4 is 0 Å². The molecule has 0 bridgehead atoms. The average Bonchev–Trinajstić information content (AvgIpc) is 2.93. The van der Waals surface area contributed by atoms with E-state index in [4.69, 9.17) is 4.74 Å². The highest BCUT2D eigenvalue weighted by atomic mass is 16.5. The third-order valence-corrected chi connectivity index (χ3v) is 3.86. The van der Waals surface area contributed by atoms with E-state index < -0.39 is 0 Å². The number of ether oxygens (including phenoxy) is 1. The molecule has 98 valence electrons. The van der Waals surface area contributed by atoms with Gasteiger partial charge in [-0.1, -0.05) is 55.3 Å². The highest BCUT2D eigenvalue weighted by Gasteiger charge is 2.12.